The predicted molar refractivity (Wildman–Crippen MR) is 127 cm³/mol. The highest BCUT2D eigenvalue weighted by atomic mass is 19.4. The van der Waals surface area contributed by atoms with E-state index in [1.165, 1.54) is 26.8 Å². The number of alkyl halides is 3. The normalized spacial score (nSPS) is 14.3. The number of benzene rings is 2. The summed E-state index contributed by atoms with van der Waals surface area (Å²) in [4.78, 5) is 17.4. The van der Waals surface area contributed by atoms with Gasteiger partial charge in [0.05, 0.1) is 41.5 Å². The maximum absolute atomic E-state index is 13.4. The second-order valence-electron chi connectivity index (χ2n) is 8.51. The summed E-state index contributed by atoms with van der Waals surface area (Å²) in [6.07, 6.45) is -3.64. The third-order valence-corrected chi connectivity index (χ3v) is 5.52. The lowest BCUT2D eigenvalue weighted by molar-refractivity contribution is -0.137. The zero-order chi connectivity index (χ0) is 25.9. The van der Waals surface area contributed by atoms with E-state index in [-0.39, 0.29) is 24.0 Å². The average molecular weight is 483 g/mol. The van der Waals surface area contributed by atoms with Crippen molar-refractivity contribution in [3.8, 4) is 6.07 Å². The predicted octanol–water partition coefficient (Wildman–Crippen LogP) is 5.64. The van der Waals surface area contributed by atoms with Crippen LogP contribution in [0.5, 0.6) is 0 Å². The lowest BCUT2D eigenvalue weighted by atomic mass is 10.1. The highest BCUT2D eigenvalue weighted by molar-refractivity contribution is 6.05. The molecular weight excluding hydrogens is 457 g/mol. The number of nitrogens with one attached hydrogen (secondary N) is 2. The molecule has 0 aromatic heterocycles. The largest absolute Gasteiger partial charge is 0.416 e. The molecule has 0 unspecified atom stereocenters. The second-order valence-corrected chi connectivity index (χ2v) is 8.51. The van der Waals surface area contributed by atoms with Gasteiger partial charge in [-0.3, -0.25) is 20.6 Å². The molecule has 0 saturated heterocycles. The van der Waals surface area contributed by atoms with E-state index >= 15 is 0 Å². The van der Waals surface area contributed by atoms with Crippen molar-refractivity contribution in [2.24, 2.45) is 5.92 Å². The van der Waals surface area contributed by atoms with Gasteiger partial charge in [0, 0.05) is 17.8 Å². The molecular formula is C25H25F3N6O. The molecule has 0 saturated carbocycles. The Hall–Kier alpha value is -4.13. The maximum Gasteiger partial charge on any atom is 0.416 e. The molecule has 0 bridgehead atoms. The Morgan fingerprint density at radius 1 is 1.23 bits per heavy atom. The van der Waals surface area contributed by atoms with Crippen molar-refractivity contribution in [1.29, 1.82) is 16.1 Å². The number of nitriles is 1. The van der Waals surface area contributed by atoms with Gasteiger partial charge in [0.2, 0.25) is 0 Å². The van der Waals surface area contributed by atoms with Crippen molar-refractivity contribution < 1.29 is 18.0 Å². The van der Waals surface area contributed by atoms with Gasteiger partial charge in [-0.05, 0) is 55.3 Å². The van der Waals surface area contributed by atoms with E-state index in [1.807, 2.05) is 19.9 Å². The molecule has 7 nitrogen and oxygen atoms in total. The zero-order valence-electron chi connectivity index (χ0n) is 19.5. The summed E-state index contributed by atoms with van der Waals surface area (Å²) in [6.45, 7) is 5.83. The Balaban J connectivity index is 2.12. The third kappa shape index (κ3) is 5.35. The highest BCUT2D eigenvalue weighted by Gasteiger charge is 2.36. The molecule has 2 aromatic rings. The summed E-state index contributed by atoms with van der Waals surface area (Å²) < 4.78 is 40.1. The quantitative estimate of drug-likeness (QED) is 0.412. The van der Waals surface area contributed by atoms with Crippen molar-refractivity contribution in [1.82, 2.24) is 9.80 Å². The van der Waals surface area contributed by atoms with Gasteiger partial charge in [-0.2, -0.15) is 18.4 Å². The summed E-state index contributed by atoms with van der Waals surface area (Å²) in [5.74, 6) is 0.00931. The number of allylic oxidation sites excluding steroid dienone is 1. The van der Waals surface area contributed by atoms with Gasteiger partial charge in [0.15, 0.2) is 0 Å². The van der Waals surface area contributed by atoms with Gasteiger partial charge < -0.3 is 4.90 Å². The lowest BCUT2D eigenvalue weighted by Gasteiger charge is -2.41. The summed E-state index contributed by atoms with van der Waals surface area (Å²) in [5.41, 5.74) is 0.741. The van der Waals surface area contributed by atoms with Gasteiger partial charge >= 0.3 is 12.2 Å². The molecule has 182 valence electrons. The first-order valence-corrected chi connectivity index (χ1v) is 10.8. The topological polar surface area (TPSA) is 98.3 Å². The molecule has 2 N–H and O–H groups in total. The van der Waals surface area contributed by atoms with Crippen LogP contribution in [0.3, 0.4) is 0 Å². The Morgan fingerprint density at radius 3 is 2.43 bits per heavy atom. The summed E-state index contributed by atoms with van der Waals surface area (Å²) in [7, 11) is 0. The van der Waals surface area contributed by atoms with Crippen LogP contribution in [-0.4, -0.2) is 41.1 Å². The number of nitrogens with zero attached hydrogens (tertiary/aromatic N) is 4. The Bertz CT molecular complexity index is 1210. The van der Waals surface area contributed by atoms with Crippen LogP contribution < -0.4 is 4.90 Å². The fraction of sp³-hybridized carbons (Fsp3) is 0.280. The van der Waals surface area contributed by atoms with Crippen LogP contribution in [0.15, 0.2) is 59.9 Å². The monoisotopic (exact) mass is 482 g/mol. The van der Waals surface area contributed by atoms with E-state index in [4.69, 9.17) is 16.1 Å². The van der Waals surface area contributed by atoms with Crippen molar-refractivity contribution in [3.05, 3.63) is 76.6 Å². The number of carbonyl (C=O) groups excluding carboxylic acids is 1. The van der Waals surface area contributed by atoms with Crippen LogP contribution >= 0.6 is 0 Å². The fourth-order valence-corrected chi connectivity index (χ4v) is 3.86. The second kappa shape index (κ2) is 10.0. The van der Waals surface area contributed by atoms with Crippen LogP contribution in [0.4, 0.5) is 23.7 Å². The number of urea groups is 1. The number of amidine groups is 1. The number of halogens is 3. The van der Waals surface area contributed by atoms with Gasteiger partial charge in [-0.15, -0.1) is 0 Å². The highest BCUT2D eigenvalue weighted by Crippen LogP contribution is 2.35. The Morgan fingerprint density at radius 2 is 1.89 bits per heavy atom. The molecule has 10 heteroatoms. The summed E-state index contributed by atoms with van der Waals surface area (Å²) in [5, 5.41) is 25.7. The maximum atomic E-state index is 13.4. The molecule has 0 aliphatic carbocycles. The first-order valence-electron chi connectivity index (χ1n) is 10.8. The van der Waals surface area contributed by atoms with Crippen molar-refractivity contribution in [3.63, 3.8) is 0 Å². The Labute approximate surface area is 201 Å². The Kier molecular flexibility index (Phi) is 7.29. The molecule has 2 amide bonds. The average Bonchev–Trinajstić information content (AvgIpc) is 2.81. The molecule has 0 fully saturated rings. The van der Waals surface area contributed by atoms with Gasteiger partial charge in [0.1, 0.15) is 5.84 Å². The first kappa shape index (κ1) is 25.5. The van der Waals surface area contributed by atoms with E-state index in [1.54, 1.807) is 31.2 Å². The van der Waals surface area contributed by atoms with Gasteiger partial charge in [0.25, 0.3) is 0 Å². The van der Waals surface area contributed by atoms with E-state index in [9.17, 15) is 18.0 Å². The third-order valence-electron chi connectivity index (χ3n) is 5.52. The van der Waals surface area contributed by atoms with Crippen molar-refractivity contribution >= 4 is 23.9 Å². The molecule has 1 aliphatic heterocycles. The molecule has 3 rings (SSSR count). The standard InChI is InChI=1S/C25H25F3N6O/c1-16(2)13-32-14-22(33(15-30)23(31)19-9-7-18(12-29)8-10-19)17(3)34(24(32)35)21-6-4-5-20(11-21)25(26,27)28/h4-11,15-16,30-31H,13-14H2,1-3H3. The van der Waals surface area contributed by atoms with E-state index in [0.29, 0.717) is 29.1 Å². The number of hydrogen-bond acceptors (Lipinski definition) is 4. The summed E-state index contributed by atoms with van der Waals surface area (Å²) >= 11 is 0. The first-order chi connectivity index (χ1) is 16.5. The fourth-order valence-electron chi connectivity index (χ4n) is 3.86. The minimum atomic E-state index is -4.58. The lowest BCUT2D eigenvalue weighted by Crippen LogP contribution is -2.52. The smallest absolute Gasteiger partial charge is 0.318 e. The van der Waals surface area contributed by atoms with Gasteiger partial charge in [-0.25, -0.2) is 4.79 Å². The summed E-state index contributed by atoms with van der Waals surface area (Å²) in [6, 6.07) is 12.3. The molecule has 35 heavy (non-hydrogen) atoms. The number of amides is 2. The minimum Gasteiger partial charge on any atom is -0.318 e. The number of anilines is 1. The van der Waals surface area contributed by atoms with Crippen LogP contribution in [0.25, 0.3) is 0 Å². The molecule has 0 atom stereocenters. The van der Waals surface area contributed by atoms with Crippen LogP contribution in [-0.2, 0) is 6.18 Å². The van der Waals surface area contributed by atoms with E-state index < -0.39 is 17.8 Å². The van der Waals surface area contributed by atoms with Gasteiger partial charge in [-0.1, -0.05) is 19.9 Å². The molecule has 0 spiro atoms. The van der Waals surface area contributed by atoms with E-state index in [2.05, 4.69) is 0 Å². The SMILES string of the molecule is CC1=C(N(C=N)C(=N)c2ccc(C#N)cc2)CN(CC(C)C)C(=O)N1c1cccc(C(F)(F)F)c1. The van der Waals surface area contributed by atoms with Crippen molar-refractivity contribution in [2.45, 2.75) is 26.9 Å². The van der Waals surface area contributed by atoms with Crippen molar-refractivity contribution in [2.75, 3.05) is 18.0 Å². The molecule has 1 heterocycles. The molecule has 0 radical (unpaired) electrons. The number of carbonyl (C=O) groups is 1. The van der Waals surface area contributed by atoms with Crippen LogP contribution in [0, 0.1) is 28.1 Å². The minimum absolute atomic E-state index is 0.0446. The molecule has 1 aliphatic rings. The zero-order valence-corrected chi connectivity index (χ0v) is 19.5. The molecule has 2 aromatic carbocycles. The van der Waals surface area contributed by atoms with Crippen LogP contribution in [0.1, 0.15) is 37.5 Å². The number of hydrogen-bond donors (Lipinski definition) is 2. The van der Waals surface area contributed by atoms with E-state index in [0.717, 1.165) is 18.5 Å². The van der Waals surface area contributed by atoms with Crippen LogP contribution in [0.2, 0.25) is 0 Å². The number of rotatable bonds is 6.